The van der Waals surface area contributed by atoms with E-state index in [4.69, 9.17) is 25.8 Å². The van der Waals surface area contributed by atoms with E-state index >= 15 is 0 Å². The van der Waals surface area contributed by atoms with Gasteiger partial charge in [-0.3, -0.25) is 15.1 Å². The molecule has 16 heteroatoms. The van der Waals surface area contributed by atoms with E-state index in [1.165, 1.54) is 25.4 Å². The van der Waals surface area contributed by atoms with Gasteiger partial charge in [0, 0.05) is 62.0 Å². The molecule has 1 fully saturated rings. The number of nitrogens with zero attached hydrogens (tertiary/aromatic N) is 2. The van der Waals surface area contributed by atoms with Crippen LogP contribution in [0.15, 0.2) is 71.9 Å². The number of carbonyl (C=O) groups is 2. The number of benzene rings is 3. The molecule has 2 heterocycles. The zero-order chi connectivity index (χ0) is 42.3. The first-order valence-corrected chi connectivity index (χ1v) is 21.0. The van der Waals surface area contributed by atoms with Crippen molar-refractivity contribution in [1.82, 2.24) is 15.2 Å². The van der Waals surface area contributed by atoms with Crippen molar-refractivity contribution >= 4 is 33.4 Å². The predicted molar refractivity (Wildman–Crippen MR) is 217 cm³/mol. The van der Waals surface area contributed by atoms with E-state index in [1.807, 2.05) is 50.2 Å². The minimum atomic E-state index is -3.51. The highest BCUT2D eigenvalue weighted by atomic mass is 35.5. The van der Waals surface area contributed by atoms with Crippen LogP contribution in [-0.4, -0.2) is 101 Å². The Labute approximate surface area is 343 Å². The molecule has 5 N–H and O–H groups in total. The summed E-state index contributed by atoms with van der Waals surface area (Å²) in [6.45, 7) is 6.98. The maximum atomic E-state index is 12.1. The summed E-state index contributed by atoms with van der Waals surface area (Å²) < 4.78 is 42.8. The number of hydrogen-bond acceptors (Lipinski definition) is 12. The second-order valence-electron chi connectivity index (χ2n) is 14.8. The number of carboxylic acid groups (broad SMARTS) is 2. The maximum Gasteiger partial charge on any atom is 0.335 e. The lowest BCUT2D eigenvalue weighted by Gasteiger charge is -2.35. The fourth-order valence-corrected chi connectivity index (χ4v) is 7.39. The van der Waals surface area contributed by atoms with Gasteiger partial charge in [-0.05, 0) is 86.1 Å². The monoisotopic (exact) mass is 839 g/mol. The standard InChI is InChI=1S/C42H50ClN3O11S/c1-27-30(8-5-9-33(27)34-10-6-11-36(28(34)2)55-17-7-14-46-15-12-42(52,13-16-46)40(50)51)25-57-38-20-37(56-24-29-18-32(23-44-21-29)58(4,53)54)31(19-35(38)43)22-45-41(3,26-47)39(48)49/h5-6,8-11,18-21,23,45,47,52H,7,12-17,22,24-26H2,1-4H3,(H,48,49)(H,50,51)/t41-/m0/s1. The van der Waals surface area contributed by atoms with Gasteiger partial charge in [0.15, 0.2) is 15.4 Å². The average Bonchev–Trinajstić information content (AvgIpc) is 3.19. The number of aromatic nitrogens is 1. The van der Waals surface area contributed by atoms with Gasteiger partial charge in [-0.15, -0.1) is 0 Å². The lowest BCUT2D eigenvalue weighted by molar-refractivity contribution is -0.163. The third-order valence-electron chi connectivity index (χ3n) is 10.5. The number of aliphatic carboxylic acids is 2. The summed E-state index contributed by atoms with van der Waals surface area (Å²) in [5, 5.41) is 42.0. The molecule has 0 radical (unpaired) electrons. The normalized spacial score (nSPS) is 15.4. The van der Waals surface area contributed by atoms with Crippen molar-refractivity contribution in [3.05, 3.63) is 99.8 Å². The van der Waals surface area contributed by atoms with Gasteiger partial charge in [0.1, 0.15) is 36.0 Å². The Morgan fingerprint density at radius 1 is 0.914 bits per heavy atom. The fourth-order valence-electron chi connectivity index (χ4n) is 6.54. The first-order chi connectivity index (χ1) is 27.4. The van der Waals surface area contributed by atoms with Gasteiger partial charge in [0.2, 0.25) is 0 Å². The van der Waals surface area contributed by atoms with Crippen LogP contribution < -0.4 is 19.5 Å². The van der Waals surface area contributed by atoms with Crippen LogP contribution in [0.25, 0.3) is 11.1 Å². The number of piperidine rings is 1. The van der Waals surface area contributed by atoms with E-state index in [2.05, 4.69) is 15.2 Å². The number of aliphatic hydroxyl groups excluding tert-OH is 1. The number of nitrogens with one attached hydrogen (secondary N) is 1. The van der Waals surface area contributed by atoms with Crippen molar-refractivity contribution in [2.45, 2.75) is 75.8 Å². The number of sulfone groups is 1. The zero-order valence-electron chi connectivity index (χ0n) is 33.0. The summed E-state index contributed by atoms with van der Waals surface area (Å²) in [5.41, 5.74) is 2.51. The second kappa shape index (κ2) is 18.9. The van der Waals surface area contributed by atoms with Crippen LogP contribution >= 0.6 is 11.6 Å². The first-order valence-electron chi connectivity index (χ1n) is 18.7. The molecular weight excluding hydrogens is 790 g/mol. The third kappa shape index (κ3) is 10.8. The van der Waals surface area contributed by atoms with Gasteiger partial charge in [0.05, 0.1) is 23.1 Å². The van der Waals surface area contributed by atoms with Gasteiger partial charge in [-0.1, -0.05) is 41.9 Å². The molecule has 0 saturated carbocycles. The van der Waals surface area contributed by atoms with Crippen LogP contribution in [0.2, 0.25) is 5.02 Å². The summed E-state index contributed by atoms with van der Waals surface area (Å²) >= 11 is 6.73. The van der Waals surface area contributed by atoms with Crippen LogP contribution in [-0.2, 0) is 39.2 Å². The molecule has 14 nitrogen and oxygen atoms in total. The van der Waals surface area contributed by atoms with Crippen LogP contribution in [0.3, 0.4) is 0 Å². The average molecular weight is 840 g/mol. The molecule has 0 amide bonds. The molecule has 4 aromatic rings. The number of halogens is 1. The van der Waals surface area contributed by atoms with Gasteiger partial charge in [-0.25, -0.2) is 13.2 Å². The van der Waals surface area contributed by atoms with E-state index in [-0.39, 0.29) is 42.5 Å². The number of aliphatic hydroxyl groups is 2. The van der Waals surface area contributed by atoms with Gasteiger partial charge in [-0.2, -0.15) is 0 Å². The Kier molecular flexibility index (Phi) is 14.4. The van der Waals surface area contributed by atoms with Gasteiger partial charge >= 0.3 is 11.9 Å². The van der Waals surface area contributed by atoms with Crippen molar-refractivity contribution in [3.8, 4) is 28.4 Å². The number of pyridine rings is 1. The van der Waals surface area contributed by atoms with Gasteiger partial charge in [0.25, 0.3) is 0 Å². The van der Waals surface area contributed by atoms with Gasteiger partial charge < -0.3 is 39.5 Å². The maximum absolute atomic E-state index is 12.1. The minimum absolute atomic E-state index is 0.0357. The number of carboxylic acids is 2. The van der Waals surface area contributed by atoms with Crippen molar-refractivity contribution < 1.29 is 52.6 Å². The van der Waals surface area contributed by atoms with E-state index < -0.39 is 39.5 Å². The molecule has 0 unspecified atom stereocenters. The minimum Gasteiger partial charge on any atom is -0.493 e. The Morgan fingerprint density at radius 2 is 1.59 bits per heavy atom. The zero-order valence-corrected chi connectivity index (χ0v) is 34.5. The quantitative estimate of drug-likeness (QED) is 0.0772. The Morgan fingerprint density at radius 3 is 2.24 bits per heavy atom. The highest BCUT2D eigenvalue weighted by Gasteiger charge is 2.39. The number of rotatable bonds is 19. The first kappa shape index (κ1) is 44.3. The van der Waals surface area contributed by atoms with Crippen molar-refractivity contribution in [2.24, 2.45) is 0 Å². The van der Waals surface area contributed by atoms with Crippen molar-refractivity contribution in [1.29, 1.82) is 0 Å². The molecule has 58 heavy (non-hydrogen) atoms. The van der Waals surface area contributed by atoms with Crippen LogP contribution in [0, 0.1) is 13.8 Å². The third-order valence-corrected chi connectivity index (χ3v) is 11.9. The topological polar surface area (TPSA) is 205 Å². The molecule has 5 rings (SSSR count). The molecule has 312 valence electrons. The summed E-state index contributed by atoms with van der Waals surface area (Å²) in [6, 6.07) is 16.5. The Hall–Kier alpha value is -4.77. The largest absolute Gasteiger partial charge is 0.493 e. The fraction of sp³-hybridized carbons (Fsp3) is 0.405. The molecule has 1 atom stereocenters. The summed E-state index contributed by atoms with van der Waals surface area (Å²) in [7, 11) is -3.51. The predicted octanol–water partition coefficient (Wildman–Crippen LogP) is 5.19. The summed E-state index contributed by atoms with van der Waals surface area (Å²) in [6.07, 6.45) is 4.96. The van der Waals surface area contributed by atoms with Crippen molar-refractivity contribution in [3.63, 3.8) is 0 Å². The molecular formula is C42H50ClN3O11S. The Balaban J connectivity index is 1.29. The van der Waals surface area contributed by atoms with Crippen LogP contribution in [0.4, 0.5) is 0 Å². The molecule has 1 aliphatic heterocycles. The van der Waals surface area contributed by atoms with Crippen LogP contribution in [0.1, 0.15) is 54.0 Å². The molecule has 1 aliphatic rings. The van der Waals surface area contributed by atoms with Crippen molar-refractivity contribution in [2.75, 3.05) is 39.1 Å². The molecule has 0 aliphatic carbocycles. The van der Waals surface area contributed by atoms with E-state index in [0.717, 1.165) is 52.8 Å². The number of hydrogen-bond donors (Lipinski definition) is 5. The number of likely N-dealkylation sites (tertiary alicyclic amines) is 1. The highest BCUT2D eigenvalue weighted by molar-refractivity contribution is 7.90. The van der Waals surface area contributed by atoms with E-state index in [0.29, 0.717) is 42.3 Å². The SMILES string of the molecule is Cc1c(COc2cc(OCc3cncc(S(C)(=O)=O)c3)c(CN[C@@](C)(CO)C(=O)O)cc2Cl)cccc1-c1cccc(OCCCN2CCC(O)(C(=O)O)CC2)c1C. The smallest absolute Gasteiger partial charge is 0.335 e. The molecule has 0 spiro atoms. The molecule has 1 saturated heterocycles. The van der Waals surface area contributed by atoms with Crippen LogP contribution in [0.5, 0.6) is 17.2 Å². The molecule has 0 bridgehead atoms. The summed E-state index contributed by atoms with van der Waals surface area (Å²) in [5.74, 6) is -1.07. The molecule has 1 aromatic heterocycles. The Bertz CT molecular complexity index is 2230. The number of ether oxygens (including phenoxy) is 3. The van der Waals surface area contributed by atoms with E-state index in [9.17, 15) is 38.4 Å². The second-order valence-corrected chi connectivity index (χ2v) is 17.2. The summed E-state index contributed by atoms with van der Waals surface area (Å²) in [4.78, 5) is 29.4. The highest BCUT2D eigenvalue weighted by Crippen LogP contribution is 2.37. The molecule has 3 aromatic carbocycles. The lowest BCUT2D eigenvalue weighted by atomic mass is 9.91. The van der Waals surface area contributed by atoms with E-state index in [1.54, 1.807) is 12.1 Å². The lowest BCUT2D eigenvalue weighted by Crippen LogP contribution is -2.52.